The van der Waals surface area contributed by atoms with Crippen molar-refractivity contribution >= 4 is 17.8 Å². The first kappa shape index (κ1) is 20.4. The Hall–Kier alpha value is -2.29. The number of hydrogen-bond acceptors (Lipinski definition) is 6. The van der Waals surface area contributed by atoms with Gasteiger partial charge in [0.25, 0.3) is 5.91 Å². The van der Waals surface area contributed by atoms with Gasteiger partial charge in [-0.3, -0.25) is 9.69 Å². The molecule has 0 radical (unpaired) electrons. The van der Waals surface area contributed by atoms with Crippen molar-refractivity contribution in [2.24, 2.45) is 5.92 Å². The SMILES string of the molecule is CCc1ncnc(N2CCC3(CC2)C(=O)N(CCO)C(=O)N3CC(C)C)c1F. The molecule has 0 unspecified atom stereocenters. The highest BCUT2D eigenvalue weighted by molar-refractivity contribution is 6.07. The average Bonchev–Trinajstić information content (AvgIpc) is 2.85. The third-order valence-corrected chi connectivity index (χ3v) is 5.56. The van der Waals surface area contributed by atoms with Gasteiger partial charge in [0, 0.05) is 19.6 Å². The summed E-state index contributed by atoms with van der Waals surface area (Å²) in [6.07, 6.45) is 2.64. The number of anilines is 1. The lowest BCUT2D eigenvalue weighted by Gasteiger charge is -2.43. The van der Waals surface area contributed by atoms with Crippen LogP contribution >= 0.6 is 0 Å². The van der Waals surface area contributed by atoms with Gasteiger partial charge in [0.1, 0.15) is 11.9 Å². The number of piperidine rings is 1. The van der Waals surface area contributed by atoms with Gasteiger partial charge in [-0.15, -0.1) is 0 Å². The molecule has 9 heteroatoms. The second-order valence-electron chi connectivity index (χ2n) is 7.80. The van der Waals surface area contributed by atoms with Crippen LogP contribution in [0, 0.1) is 11.7 Å². The number of urea groups is 1. The Kier molecular flexibility index (Phi) is 5.83. The van der Waals surface area contributed by atoms with Crippen LogP contribution in [0.2, 0.25) is 0 Å². The zero-order valence-electron chi connectivity index (χ0n) is 16.7. The molecule has 2 aliphatic rings. The third-order valence-electron chi connectivity index (χ3n) is 5.56. The van der Waals surface area contributed by atoms with Crippen molar-refractivity contribution in [1.29, 1.82) is 0 Å². The molecule has 8 nitrogen and oxygen atoms in total. The number of β-amino-alcohol motifs (C(OH)–C–C–N with tert-alkyl or cyclic N) is 1. The number of nitrogens with zero attached hydrogens (tertiary/aromatic N) is 5. The Morgan fingerprint density at radius 1 is 1.25 bits per heavy atom. The van der Waals surface area contributed by atoms with Crippen molar-refractivity contribution in [2.45, 2.75) is 45.6 Å². The largest absolute Gasteiger partial charge is 0.395 e. The first-order valence-corrected chi connectivity index (χ1v) is 9.84. The number of aryl methyl sites for hydroxylation is 1. The van der Waals surface area contributed by atoms with Gasteiger partial charge in [0.05, 0.1) is 18.8 Å². The molecule has 0 aromatic carbocycles. The average molecular weight is 393 g/mol. The summed E-state index contributed by atoms with van der Waals surface area (Å²) in [5, 5.41) is 9.26. The van der Waals surface area contributed by atoms with Crippen molar-refractivity contribution in [1.82, 2.24) is 19.8 Å². The molecule has 1 N–H and O–H groups in total. The monoisotopic (exact) mass is 393 g/mol. The van der Waals surface area contributed by atoms with Crippen molar-refractivity contribution in [3.8, 4) is 0 Å². The first-order valence-electron chi connectivity index (χ1n) is 9.84. The van der Waals surface area contributed by atoms with E-state index >= 15 is 0 Å². The van der Waals surface area contributed by atoms with Gasteiger partial charge in [0.2, 0.25) is 0 Å². The molecule has 1 spiro atoms. The predicted octanol–water partition coefficient (Wildman–Crippen LogP) is 1.43. The smallest absolute Gasteiger partial charge is 0.327 e. The van der Waals surface area contributed by atoms with Gasteiger partial charge < -0.3 is 14.9 Å². The number of aliphatic hydroxyl groups excluding tert-OH is 1. The molecule has 28 heavy (non-hydrogen) atoms. The van der Waals surface area contributed by atoms with E-state index in [-0.39, 0.29) is 36.8 Å². The Morgan fingerprint density at radius 3 is 2.50 bits per heavy atom. The minimum absolute atomic E-state index is 0.00186. The Bertz CT molecular complexity index is 749. The van der Waals surface area contributed by atoms with Gasteiger partial charge in [-0.05, 0) is 25.2 Å². The maximum Gasteiger partial charge on any atom is 0.327 e. The van der Waals surface area contributed by atoms with Gasteiger partial charge in [-0.2, -0.15) is 0 Å². The lowest BCUT2D eigenvalue weighted by Crippen LogP contribution is -2.57. The number of imide groups is 1. The van der Waals surface area contributed by atoms with Crippen molar-refractivity contribution < 1.29 is 19.1 Å². The zero-order chi connectivity index (χ0) is 20.5. The molecule has 2 aliphatic heterocycles. The summed E-state index contributed by atoms with van der Waals surface area (Å²) in [6, 6.07) is -0.345. The van der Waals surface area contributed by atoms with Crippen LogP contribution in [-0.2, 0) is 11.2 Å². The molecule has 3 amide bonds. The van der Waals surface area contributed by atoms with Crippen LogP contribution in [0.3, 0.4) is 0 Å². The highest BCUT2D eigenvalue weighted by Gasteiger charge is 2.57. The molecule has 1 aromatic rings. The third kappa shape index (κ3) is 3.32. The number of carbonyl (C=O) groups is 2. The zero-order valence-corrected chi connectivity index (χ0v) is 16.7. The molecule has 3 rings (SSSR count). The summed E-state index contributed by atoms with van der Waals surface area (Å²) in [5.74, 6) is -0.228. The van der Waals surface area contributed by atoms with Gasteiger partial charge >= 0.3 is 6.03 Å². The second kappa shape index (κ2) is 7.98. The molecular weight excluding hydrogens is 365 g/mol. The number of amides is 3. The minimum Gasteiger partial charge on any atom is -0.395 e. The Balaban J connectivity index is 1.85. The van der Waals surface area contributed by atoms with Gasteiger partial charge in [-0.25, -0.2) is 19.2 Å². The molecule has 2 fully saturated rings. The van der Waals surface area contributed by atoms with Gasteiger partial charge in [0.15, 0.2) is 11.6 Å². The molecule has 0 atom stereocenters. The van der Waals surface area contributed by atoms with Crippen LogP contribution in [0.5, 0.6) is 0 Å². The summed E-state index contributed by atoms with van der Waals surface area (Å²) >= 11 is 0. The summed E-state index contributed by atoms with van der Waals surface area (Å²) in [5.41, 5.74) is -0.558. The van der Waals surface area contributed by atoms with Crippen molar-refractivity contribution in [2.75, 3.05) is 37.7 Å². The van der Waals surface area contributed by atoms with Crippen LogP contribution < -0.4 is 4.90 Å². The summed E-state index contributed by atoms with van der Waals surface area (Å²) < 4.78 is 14.6. The molecule has 0 saturated carbocycles. The highest BCUT2D eigenvalue weighted by Crippen LogP contribution is 2.39. The number of rotatable bonds is 6. The second-order valence-corrected chi connectivity index (χ2v) is 7.80. The van der Waals surface area contributed by atoms with E-state index in [0.717, 1.165) is 4.90 Å². The van der Waals surface area contributed by atoms with Gasteiger partial charge in [-0.1, -0.05) is 20.8 Å². The number of aromatic nitrogens is 2. The van der Waals surface area contributed by atoms with Crippen LogP contribution in [0.1, 0.15) is 39.3 Å². The standard InChI is InChI=1S/C19H28FN5O3/c1-4-14-15(20)16(22-12-21-14)23-7-5-19(6-8-23)17(27)24(9-10-26)18(28)25(19)11-13(2)3/h12-13,26H,4-11H2,1-3H3. The van der Waals surface area contributed by atoms with E-state index in [2.05, 4.69) is 9.97 Å². The molecule has 0 bridgehead atoms. The Morgan fingerprint density at radius 2 is 1.93 bits per heavy atom. The number of hydrogen-bond donors (Lipinski definition) is 1. The van der Waals surface area contributed by atoms with E-state index in [1.165, 1.54) is 6.33 Å². The number of aliphatic hydroxyl groups is 1. The fourth-order valence-corrected chi connectivity index (χ4v) is 4.13. The molecule has 2 saturated heterocycles. The molecule has 1 aromatic heterocycles. The van der Waals surface area contributed by atoms with E-state index in [4.69, 9.17) is 0 Å². The lowest BCUT2D eigenvalue weighted by atomic mass is 9.85. The van der Waals surface area contributed by atoms with E-state index in [1.54, 1.807) is 4.90 Å². The van der Waals surface area contributed by atoms with E-state index in [0.29, 0.717) is 44.6 Å². The maximum absolute atomic E-state index is 14.6. The highest BCUT2D eigenvalue weighted by atomic mass is 19.1. The number of carbonyl (C=O) groups excluding carboxylic acids is 2. The Labute approximate surface area is 164 Å². The van der Waals surface area contributed by atoms with Crippen LogP contribution in [0.15, 0.2) is 6.33 Å². The number of halogens is 1. The minimum atomic E-state index is -0.926. The van der Waals surface area contributed by atoms with Crippen LogP contribution in [0.25, 0.3) is 0 Å². The lowest BCUT2D eigenvalue weighted by molar-refractivity contribution is -0.134. The van der Waals surface area contributed by atoms with E-state index < -0.39 is 11.4 Å². The fraction of sp³-hybridized carbons (Fsp3) is 0.684. The summed E-state index contributed by atoms with van der Waals surface area (Å²) in [7, 11) is 0. The van der Waals surface area contributed by atoms with E-state index in [9.17, 15) is 19.1 Å². The van der Waals surface area contributed by atoms with E-state index in [1.807, 2.05) is 25.7 Å². The molecular formula is C19H28FN5O3. The topological polar surface area (TPSA) is 89.9 Å². The fourth-order valence-electron chi connectivity index (χ4n) is 4.13. The molecule has 154 valence electrons. The van der Waals surface area contributed by atoms with Crippen LogP contribution in [-0.4, -0.2) is 75.1 Å². The first-order chi connectivity index (χ1) is 13.4. The molecule has 3 heterocycles. The van der Waals surface area contributed by atoms with Crippen molar-refractivity contribution in [3.05, 3.63) is 17.8 Å². The van der Waals surface area contributed by atoms with Crippen molar-refractivity contribution in [3.63, 3.8) is 0 Å². The predicted molar refractivity (Wildman–Crippen MR) is 101 cm³/mol. The molecule has 0 aliphatic carbocycles. The summed E-state index contributed by atoms with van der Waals surface area (Å²) in [4.78, 5) is 38.6. The van der Waals surface area contributed by atoms with Crippen LogP contribution in [0.4, 0.5) is 15.0 Å². The normalized spacial score (nSPS) is 19.4. The maximum atomic E-state index is 14.6. The quantitative estimate of drug-likeness (QED) is 0.736. The summed E-state index contributed by atoms with van der Waals surface area (Å²) in [6.45, 7) is 6.86.